The molecule has 0 amide bonds. The van der Waals surface area contributed by atoms with E-state index in [4.69, 9.17) is 0 Å². The highest BCUT2D eigenvalue weighted by Gasteiger charge is 2.11. The maximum atomic E-state index is 12.2. The highest BCUT2D eigenvalue weighted by Crippen LogP contribution is 2.10. The van der Waals surface area contributed by atoms with E-state index < -0.39 is 0 Å². The number of carbonyl (C=O) groups excluding carboxylic acids is 1. The van der Waals surface area contributed by atoms with Crippen molar-refractivity contribution >= 4 is 12.0 Å². The molecule has 1 heterocycles. The average molecular weight is 240 g/mol. The monoisotopic (exact) mass is 240 g/mol. The summed E-state index contributed by atoms with van der Waals surface area (Å²) in [5, 5.41) is 4.20. The fraction of sp³-hybridized carbons (Fsp3) is 0.200. The molecule has 0 atom stereocenters. The van der Waals surface area contributed by atoms with Gasteiger partial charge >= 0.3 is 0 Å². The molecular weight excluding hydrogens is 224 g/mol. The number of allylic oxidation sites excluding steroid dienone is 1. The number of aromatic nitrogens is 2. The lowest BCUT2D eigenvalue weighted by Gasteiger charge is -2.03. The summed E-state index contributed by atoms with van der Waals surface area (Å²) in [4.78, 5) is 12.2. The lowest BCUT2D eigenvalue weighted by atomic mass is 10.1. The molecule has 0 aliphatic heterocycles. The largest absolute Gasteiger partial charge is 0.274 e. The normalized spacial score (nSPS) is 11.6. The first kappa shape index (κ1) is 12.3. The third-order valence-corrected chi connectivity index (χ3v) is 2.72. The van der Waals surface area contributed by atoms with E-state index in [0.29, 0.717) is 5.57 Å². The van der Waals surface area contributed by atoms with Crippen LogP contribution in [0.15, 0.2) is 42.0 Å². The van der Waals surface area contributed by atoms with E-state index in [1.54, 1.807) is 0 Å². The topological polar surface area (TPSA) is 34.9 Å². The zero-order chi connectivity index (χ0) is 13.1. The van der Waals surface area contributed by atoms with Crippen molar-refractivity contribution in [2.75, 3.05) is 0 Å². The molecular formula is C15H16N2O. The summed E-state index contributed by atoms with van der Waals surface area (Å²) in [7, 11) is 0. The summed E-state index contributed by atoms with van der Waals surface area (Å²) in [6.45, 7) is 5.58. The Labute approximate surface area is 107 Å². The fourth-order valence-corrected chi connectivity index (χ4v) is 1.86. The van der Waals surface area contributed by atoms with Gasteiger partial charge in [-0.3, -0.25) is 4.79 Å². The maximum absolute atomic E-state index is 12.2. The Balaban J connectivity index is 2.29. The Morgan fingerprint density at radius 2 is 1.89 bits per heavy atom. The van der Waals surface area contributed by atoms with Crippen molar-refractivity contribution in [1.82, 2.24) is 9.78 Å². The van der Waals surface area contributed by atoms with Crippen molar-refractivity contribution in [1.29, 1.82) is 0 Å². The molecule has 0 aliphatic rings. The molecule has 1 aromatic carbocycles. The molecule has 0 saturated heterocycles. The van der Waals surface area contributed by atoms with Crippen LogP contribution >= 0.6 is 0 Å². The minimum Gasteiger partial charge on any atom is -0.267 e. The van der Waals surface area contributed by atoms with E-state index in [9.17, 15) is 4.79 Å². The van der Waals surface area contributed by atoms with Gasteiger partial charge in [-0.15, -0.1) is 0 Å². The van der Waals surface area contributed by atoms with Crippen LogP contribution in [0, 0.1) is 13.8 Å². The summed E-state index contributed by atoms with van der Waals surface area (Å²) >= 11 is 0. The Bertz CT molecular complexity index is 594. The van der Waals surface area contributed by atoms with Gasteiger partial charge in [-0.25, -0.2) is 4.68 Å². The highest BCUT2D eigenvalue weighted by atomic mass is 16.2. The van der Waals surface area contributed by atoms with Crippen molar-refractivity contribution in [2.24, 2.45) is 0 Å². The predicted octanol–water partition coefficient (Wildman–Crippen LogP) is 3.24. The van der Waals surface area contributed by atoms with Crippen molar-refractivity contribution < 1.29 is 4.79 Å². The maximum Gasteiger partial charge on any atom is 0.274 e. The van der Waals surface area contributed by atoms with Gasteiger partial charge in [-0.05, 0) is 38.5 Å². The van der Waals surface area contributed by atoms with Gasteiger partial charge in [0.1, 0.15) is 0 Å². The summed E-state index contributed by atoms with van der Waals surface area (Å²) in [5.74, 6) is -0.0792. The number of aryl methyl sites for hydroxylation is 2. The van der Waals surface area contributed by atoms with E-state index >= 15 is 0 Å². The molecule has 2 rings (SSSR count). The Morgan fingerprint density at radius 1 is 1.22 bits per heavy atom. The number of rotatable bonds is 2. The third kappa shape index (κ3) is 2.56. The molecule has 0 saturated carbocycles. The van der Waals surface area contributed by atoms with E-state index in [2.05, 4.69) is 5.10 Å². The van der Waals surface area contributed by atoms with Crippen LogP contribution in [0.2, 0.25) is 0 Å². The van der Waals surface area contributed by atoms with Gasteiger partial charge in [0.25, 0.3) is 5.91 Å². The third-order valence-electron chi connectivity index (χ3n) is 2.72. The molecule has 0 bridgehead atoms. The quantitative estimate of drug-likeness (QED) is 0.755. The SMILES string of the molecule is C/C(=C\c1ccccc1)C(=O)n1nc(C)cc1C. The van der Waals surface area contributed by atoms with Gasteiger partial charge < -0.3 is 0 Å². The molecule has 18 heavy (non-hydrogen) atoms. The van der Waals surface area contributed by atoms with Crippen molar-refractivity contribution in [3.8, 4) is 0 Å². The van der Waals surface area contributed by atoms with Gasteiger partial charge in [-0.2, -0.15) is 5.10 Å². The second-order valence-corrected chi connectivity index (χ2v) is 4.38. The Morgan fingerprint density at radius 3 is 2.44 bits per heavy atom. The molecule has 0 radical (unpaired) electrons. The van der Waals surface area contributed by atoms with Crippen LogP contribution in [0.3, 0.4) is 0 Å². The second kappa shape index (κ2) is 5.00. The van der Waals surface area contributed by atoms with Crippen LogP contribution in [-0.4, -0.2) is 15.7 Å². The molecule has 0 fully saturated rings. The molecule has 0 N–H and O–H groups in total. The first-order chi connectivity index (χ1) is 8.58. The molecule has 92 valence electrons. The second-order valence-electron chi connectivity index (χ2n) is 4.38. The number of hydrogen-bond acceptors (Lipinski definition) is 2. The Hall–Kier alpha value is -2.16. The Kier molecular flexibility index (Phi) is 3.42. The van der Waals surface area contributed by atoms with Gasteiger partial charge in [0.15, 0.2) is 0 Å². The summed E-state index contributed by atoms with van der Waals surface area (Å²) in [5.41, 5.74) is 3.41. The molecule has 3 heteroatoms. The average Bonchev–Trinajstić information content (AvgIpc) is 2.68. The molecule has 3 nitrogen and oxygen atoms in total. The van der Waals surface area contributed by atoms with Gasteiger partial charge in [0, 0.05) is 11.3 Å². The van der Waals surface area contributed by atoms with Crippen molar-refractivity contribution in [2.45, 2.75) is 20.8 Å². The van der Waals surface area contributed by atoms with E-state index in [1.165, 1.54) is 4.68 Å². The lowest BCUT2D eigenvalue weighted by Crippen LogP contribution is -2.15. The predicted molar refractivity (Wildman–Crippen MR) is 72.4 cm³/mol. The zero-order valence-electron chi connectivity index (χ0n) is 10.8. The summed E-state index contributed by atoms with van der Waals surface area (Å²) in [6, 6.07) is 11.7. The van der Waals surface area contributed by atoms with Crippen molar-refractivity contribution in [3.63, 3.8) is 0 Å². The first-order valence-electron chi connectivity index (χ1n) is 5.89. The van der Waals surface area contributed by atoms with Crippen LogP contribution in [0.5, 0.6) is 0 Å². The molecule has 2 aromatic rings. The highest BCUT2D eigenvalue weighted by molar-refractivity contribution is 5.98. The summed E-state index contributed by atoms with van der Waals surface area (Å²) in [6.07, 6.45) is 1.87. The number of benzene rings is 1. The number of hydrogen-bond donors (Lipinski definition) is 0. The van der Waals surface area contributed by atoms with Crippen LogP contribution in [-0.2, 0) is 0 Å². The fourth-order valence-electron chi connectivity index (χ4n) is 1.86. The van der Waals surface area contributed by atoms with E-state index in [0.717, 1.165) is 17.0 Å². The molecule has 0 spiro atoms. The van der Waals surface area contributed by atoms with Crippen LogP contribution < -0.4 is 0 Å². The number of nitrogens with zero attached hydrogens (tertiary/aromatic N) is 2. The van der Waals surface area contributed by atoms with Gasteiger partial charge in [-0.1, -0.05) is 30.3 Å². The minimum absolute atomic E-state index is 0.0792. The van der Waals surface area contributed by atoms with Gasteiger partial charge in [0.05, 0.1) is 5.69 Å². The molecule has 1 aromatic heterocycles. The molecule has 0 unspecified atom stereocenters. The molecule has 0 aliphatic carbocycles. The van der Waals surface area contributed by atoms with E-state index in [1.807, 2.05) is 63.2 Å². The minimum atomic E-state index is -0.0792. The number of carbonyl (C=O) groups is 1. The van der Waals surface area contributed by atoms with Gasteiger partial charge in [0.2, 0.25) is 0 Å². The van der Waals surface area contributed by atoms with Crippen LogP contribution in [0.25, 0.3) is 6.08 Å². The van der Waals surface area contributed by atoms with E-state index in [-0.39, 0.29) is 5.91 Å². The van der Waals surface area contributed by atoms with Crippen LogP contribution in [0.1, 0.15) is 28.7 Å². The smallest absolute Gasteiger partial charge is 0.267 e. The lowest BCUT2D eigenvalue weighted by molar-refractivity contribution is 0.0938. The standard InChI is InChI=1S/C15H16N2O/c1-11(9-14-7-5-4-6-8-14)15(18)17-13(3)10-12(2)16-17/h4-10H,1-3H3/b11-9+. The van der Waals surface area contributed by atoms with Crippen LogP contribution in [0.4, 0.5) is 0 Å². The van der Waals surface area contributed by atoms with Crippen molar-refractivity contribution in [3.05, 3.63) is 58.9 Å². The summed E-state index contributed by atoms with van der Waals surface area (Å²) < 4.78 is 1.45. The zero-order valence-corrected chi connectivity index (χ0v) is 10.8. The first-order valence-corrected chi connectivity index (χ1v) is 5.89.